The molecule has 0 amide bonds. The molecule has 0 aliphatic heterocycles. The number of aryl methyl sites for hydroxylation is 1. The quantitative estimate of drug-likeness (QED) is 0.228. The van der Waals surface area contributed by atoms with Gasteiger partial charge in [-0.1, -0.05) is 6.07 Å². The van der Waals surface area contributed by atoms with E-state index in [0.29, 0.717) is 26.4 Å². The van der Waals surface area contributed by atoms with Crippen molar-refractivity contribution in [2.75, 3.05) is 46.6 Å². The lowest BCUT2D eigenvalue weighted by Crippen LogP contribution is -2.38. The zero-order valence-electron chi connectivity index (χ0n) is 15.4. The fourth-order valence-corrected chi connectivity index (χ4v) is 2.20. The van der Waals surface area contributed by atoms with Gasteiger partial charge in [-0.25, -0.2) is 4.39 Å². The molecule has 2 N–H and O–H groups in total. The van der Waals surface area contributed by atoms with Gasteiger partial charge in [0.25, 0.3) is 0 Å². The van der Waals surface area contributed by atoms with Gasteiger partial charge in [0.05, 0.1) is 13.2 Å². The molecule has 25 heavy (non-hydrogen) atoms. The normalized spacial score (nSPS) is 11.1. The number of nitrogens with zero attached hydrogens (tertiary/aromatic N) is 1. The first kappa shape index (κ1) is 24.1. The van der Waals surface area contributed by atoms with E-state index in [1.54, 1.807) is 13.2 Å². The molecule has 0 bridgehead atoms. The largest absolute Gasteiger partial charge is 0.382 e. The fourth-order valence-electron chi connectivity index (χ4n) is 2.20. The minimum Gasteiger partial charge on any atom is -0.382 e. The van der Waals surface area contributed by atoms with Gasteiger partial charge in [-0.15, -0.1) is 24.0 Å². The lowest BCUT2D eigenvalue weighted by atomic mass is 10.1. The van der Waals surface area contributed by atoms with Gasteiger partial charge < -0.3 is 20.1 Å². The van der Waals surface area contributed by atoms with E-state index in [0.717, 1.165) is 43.0 Å². The van der Waals surface area contributed by atoms with E-state index >= 15 is 0 Å². The number of hydrogen-bond acceptors (Lipinski definition) is 3. The molecule has 1 aromatic rings. The number of guanidine groups is 1. The van der Waals surface area contributed by atoms with E-state index in [1.807, 2.05) is 19.9 Å². The molecule has 0 saturated heterocycles. The van der Waals surface area contributed by atoms with Gasteiger partial charge in [-0.3, -0.25) is 4.99 Å². The summed E-state index contributed by atoms with van der Waals surface area (Å²) < 4.78 is 23.4. The number of hydrogen-bond donors (Lipinski definition) is 2. The highest BCUT2D eigenvalue weighted by Gasteiger charge is 2.01. The van der Waals surface area contributed by atoms with Crippen LogP contribution >= 0.6 is 24.0 Å². The van der Waals surface area contributed by atoms with E-state index in [2.05, 4.69) is 15.6 Å². The molecule has 0 heterocycles. The first-order chi connectivity index (χ1) is 11.7. The molecule has 7 heteroatoms. The Kier molecular flexibility index (Phi) is 14.8. The zero-order valence-corrected chi connectivity index (χ0v) is 17.8. The van der Waals surface area contributed by atoms with Crippen LogP contribution in [0.3, 0.4) is 0 Å². The van der Waals surface area contributed by atoms with Crippen LogP contribution in [0.5, 0.6) is 0 Å². The van der Waals surface area contributed by atoms with Gasteiger partial charge in [0.15, 0.2) is 5.96 Å². The Morgan fingerprint density at radius 1 is 1.20 bits per heavy atom. The second kappa shape index (κ2) is 15.3. The van der Waals surface area contributed by atoms with E-state index in [4.69, 9.17) is 9.47 Å². The van der Waals surface area contributed by atoms with Crippen molar-refractivity contribution in [3.8, 4) is 0 Å². The van der Waals surface area contributed by atoms with Gasteiger partial charge in [-0.2, -0.15) is 0 Å². The predicted octanol–water partition coefficient (Wildman–Crippen LogP) is 2.90. The Morgan fingerprint density at radius 3 is 2.68 bits per heavy atom. The Bertz CT molecular complexity index is 501. The van der Waals surface area contributed by atoms with Gasteiger partial charge in [0.2, 0.25) is 0 Å². The maximum Gasteiger partial charge on any atom is 0.191 e. The van der Waals surface area contributed by atoms with Gasteiger partial charge in [-0.05, 0) is 49.9 Å². The summed E-state index contributed by atoms with van der Waals surface area (Å²) in [5.74, 6) is 0.612. The van der Waals surface area contributed by atoms with Crippen molar-refractivity contribution in [1.29, 1.82) is 0 Å². The third kappa shape index (κ3) is 11.3. The predicted molar refractivity (Wildman–Crippen MR) is 112 cm³/mol. The average Bonchev–Trinajstić information content (AvgIpc) is 2.56. The SMILES string of the molecule is CCNC(=NCCCOCCOC)NCCc1ccc(F)cc1C.I. The van der Waals surface area contributed by atoms with Crippen LogP contribution in [0.1, 0.15) is 24.5 Å². The van der Waals surface area contributed by atoms with Crippen molar-refractivity contribution in [2.24, 2.45) is 4.99 Å². The average molecular weight is 467 g/mol. The van der Waals surface area contributed by atoms with Crippen LogP contribution in [0.15, 0.2) is 23.2 Å². The van der Waals surface area contributed by atoms with E-state index in [1.165, 1.54) is 6.07 Å². The van der Waals surface area contributed by atoms with Crippen LogP contribution in [0.25, 0.3) is 0 Å². The van der Waals surface area contributed by atoms with E-state index in [9.17, 15) is 4.39 Å². The summed E-state index contributed by atoms with van der Waals surface area (Å²) in [5, 5.41) is 6.53. The highest BCUT2D eigenvalue weighted by atomic mass is 127. The smallest absolute Gasteiger partial charge is 0.191 e. The molecule has 0 aliphatic rings. The number of methoxy groups -OCH3 is 1. The standard InChI is InChI=1S/C18H30FN3O2.HI/c1-4-20-18(21-9-5-11-24-13-12-23-3)22-10-8-16-6-7-17(19)14-15(16)2;/h6-7,14H,4-5,8-13H2,1-3H3,(H2,20,21,22);1H. The Hall–Kier alpha value is -0.930. The first-order valence-corrected chi connectivity index (χ1v) is 8.51. The second-order valence-corrected chi connectivity index (χ2v) is 5.47. The molecule has 5 nitrogen and oxygen atoms in total. The summed E-state index contributed by atoms with van der Waals surface area (Å²) in [4.78, 5) is 4.52. The second-order valence-electron chi connectivity index (χ2n) is 5.47. The Labute approximate surface area is 167 Å². The summed E-state index contributed by atoms with van der Waals surface area (Å²) in [6.07, 6.45) is 1.70. The minimum absolute atomic E-state index is 0. The van der Waals surface area contributed by atoms with Crippen LogP contribution in [-0.2, 0) is 15.9 Å². The van der Waals surface area contributed by atoms with E-state index in [-0.39, 0.29) is 29.8 Å². The molecule has 0 atom stereocenters. The summed E-state index contributed by atoms with van der Waals surface area (Å²) in [7, 11) is 1.66. The van der Waals surface area contributed by atoms with Crippen LogP contribution in [0.2, 0.25) is 0 Å². The van der Waals surface area contributed by atoms with Crippen molar-refractivity contribution in [1.82, 2.24) is 10.6 Å². The van der Waals surface area contributed by atoms with Crippen molar-refractivity contribution < 1.29 is 13.9 Å². The molecule has 1 rings (SSSR count). The van der Waals surface area contributed by atoms with Gasteiger partial charge in [0.1, 0.15) is 5.82 Å². The lowest BCUT2D eigenvalue weighted by molar-refractivity contribution is 0.0702. The third-order valence-corrected chi connectivity index (χ3v) is 3.48. The highest BCUT2D eigenvalue weighted by molar-refractivity contribution is 14.0. The number of ether oxygens (including phenoxy) is 2. The summed E-state index contributed by atoms with van der Waals surface area (Å²) in [6.45, 7) is 8.16. The molecule has 0 aliphatic carbocycles. The maximum absolute atomic E-state index is 13.1. The molecule has 0 fully saturated rings. The van der Waals surface area contributed by atoms with Crippen LogP contribution in [0, 0.1) is 12.7 Å². The van der Waals surface area contributed by atoms with Crippen molar-refractivity contribution >= 4 is 29.9 Å². The van der Waals surface area contributed by atoms with Crippen LogP contribution in [-0.4, -0.2) is 52.5 Å². The molecule has 144 valence electrons. The first-order valence-electron chi connectivity index (χ1n) is 8.51. The molecular weight excluding hydrogens is 436 g/mol. The lowest BCUT2D eigenvalue weighted by Gasteiger charge is -2.12. The number of benzene rings is 1. The van der Waals surface area contributed by atoms with Crippen molar-refractivity contribution in [3.63, 3.8) is 0 Å². The number of halogens is 2. The fraction of sp³-hybridized carbons (Fsp3) is 0.611. The van der Waals surface area contributed by atoms with Gasteiger partial charge >= 0.3 is 0 Å². The molecule has 1 aromatic carbocycles. The minimum atomic E-state index is -0.188. The van der Waals surface area contributed by atoms with Gasteiger partial charge in [0, 0.05) is 33.4 Å². The zero-order chi connectivity index (χ0) is 17.6. The summed E-state index contributed by atoms with van der Waals surface area (Å²) >= 11 is 0. The highest BCUT2D eigenvalue weighted by Crippen LogP contribution is 2.10. The summed E-state index contributed by atoms with van der Waals surface area (Å²) in [6, 6.07) is 4.91. The maximum atomic E-state index is 13.1. The Balaban J connectivity index is 0.00000576. The number of rotatable bonds is 11. The molecule has 0 unspecified atom stereocenters. The van der Waals surface area contributed by atoms with Crippen LogP contribution in [0.4, 0.5) is 4.39 Å². The molecule has 0 spiro atoms. The third-order valence-electron chi connectivity index (χ3n) is 3.48. The topological polar surface area (TPSA) is 54.9 Å². The van der Waals surface area contributed by atoms with Crippen LogP contribution < -0.4 is 10.6 Å². The summed E-state index contributed by atoms with van der Waals surface area (Å²) in [5.41, 5.74) is 2.12. The number of nitrogens with one attached hydrogen (secondary N) is 2. The Morgan fingerprint density at radius 2 is 2.00 bits per heavy atom. The van der Waals surface area contributed by atoms with Crippen molar-refractivity contribution in [3.05, 3.63) is 35.1 Å². The molecular formula is C18H31FIN3O2. The molecule has 0 saturated carbocycles. The number of aliphatic imine (C=N–C) groups is 1. The molecule has 0 radical (unpaired) electrons. The van der Waals surface area contributed by atoms with Crippen molar-refractivity contribution in [2.45, 2.75) is 26.7 Å². The van der Waals surface area contributed by atoms with E-state index < -0.39 is 0 Å². The monoisotopic (exact) mass is 467 g/mol. The molecule has 0 aromatic heterocycles.